The number of rotatable bonds is 4. The highest BCUT2D eigenvalue weighted by molar-refractivity contribution is 5.93. The van der Waals surface area contributed by atoms with Crippen molar-refractivity contribution in [3.8, 4) is 0 Å². The Morgan fingerprint density at radius 1 is 1.10 bits per heavy atom. The van der Waals surface area contributed by atoms with Crippen LogP contribution in [0.1, 0.15) is 16.3 Å². The van der Waals surface area contributed by atoms with Gasteiger partial charge in [0, 0.05) is 11.6 Å². The number of nitrogens with one attached hydrogen (secondary N) is 1. The molecule has 0 aliphatic carbocycles. The predicted molar refractivity (Wildman–Crippen MR) is 78.1 cm³/mol. The molecular weight excluding hydrogens is 268 g/mol. The summed E-state index contributed by atoms with van der Waals surface area (Å²) in [4.78, 5) is 23.4. The van der Waals surface area contributed by atoms with Crippen LogP contribution in [0.3, 0.4) is 0 Å². The van der Waals surface area contributed by atoms with E-state index in [4.69, 9.17) is 5.11 Å². The summed E-state index contributed by atoms with van der Waals surface area (Å²) < 4.78 is 0. The molecule has 0 bridgehead atoms. The van der Waals surface area contributed by atoms with Crippen LogP contribution in [-0.4, -0.2) is 26.0 Å². The molecule has 1 aromatic carbocycles. The van der Waals surface area contributed by atoms with Gasteiger partial charge >= 0.3 is 5.97 Å². The lowest BCUT2D eigenvalue weighted by Gasteiger charge is -2.09. The van der Waals surface area contributed by atoms with E-state index in [1.165, 1.54) is 0 Å². The molecule has 6 heteroatoms. The number of benzene rings is 1. The SMILES string of the molecule is O=C(O)c1nc(NCc2ccccn2)c2ccccc2n1. The number of para-hydroxylation sites is 1. The molecule has 0 fully saturated rings. The van der Waals surface area contributed by atoms with E-state index in [1.807, 2.05) is 36.4 Å². The van der Waals surface area contributed by atoms with E-state index in [0.717, 1.165) is 11.1 Å². The number of anilines is 1. The highest BCUT2D eigenvalue weighted by Crippen LogP contribution is 2.20. The number of hydrogen-bond donors (Lipinski definition) is 2. The van der Waals surface area contributed by atoms with Gasteiger partial charge in [-0.1, -0.05) is 18.2 Å². The van der Waals surface area contributed by atoms with E-state index in [1.54, 1.807) is 12.3 Å². The Kier molecular flexibility index (Phi) is 3.42. The average molecular weight is 280 g/mol. The second kappa shape index (κ2) is 5.54. The lowest BCUT2D eigenvalue weighted by atomic mass is 10.2. The Hall–Kier alpha value is -3.02. The van der Waals surface area contributed by atoms with Crippen LogP contribution in [-0.2, 0) is 6.54 Å². The molecule has 3 aromatic rings. The Morgan fingerprint density at radius 2 is 1.90 bits per heavy atom. The first-order valence-corrected chi connectivity index (χ1v) is 6.38. The van der Waals surface area contributed by atoms with E-state index < -0.39 is 5.97 Å². The number of carboxylic acid groups (broad SMARTS) is 1. The topological polar surface area (TPSA) is 88.0 Å². The van der Waals surface area contributed by atoms with Crippen molar-refractivity contribution >= 4 is 22.7 Å². The number of nitrogens with zero attached hydrogens (tertiary/aromatic N) is 3. The third-order valence-corrected chi connectivity index (χ3v) is 2.96. The van der Waals surface area contributed by atoms with Crippen molar-refractivity contribution in [3.05, 3.63) is 60.2 Å². The van der Waals surface area contributed by atoms with Crippen molar-refractivity contribution in [1.29, 1.82) is 0 Å². The fourth-order valence-corrected chi connectivity index (χ4v) is 1.98. The fourth-order valence-electron chi connectivity index (χ4n) is 1.98. The number of aromatic nitrogens is 3. The van der Waals surface area contributed by atoms with Crippen LogP contribution in [0.5, 0.6) is 0 Å². The maximum absolute atomic E-state index is 11.1. The zero-order valence-electron chi connectivity index (χ0n) is 11.0. The molecule has 21 heavy (non-hydrogen) atoms. The molecule has 6 nitrogen and oxygen atoms in total. The van der Waals surface area contributed by atoms with Gasteiger partial charge in [0.25, 0.3) is 0 Å². The van der Waals surface area contributed by atoms with Gasteiger partial charge in [-0.3, -0.25) is 4.98 Å². The summed E-state index contributed by atoms with van der Waals surface area (Å²) in [5.74, 6) is -0.887. The molecule has 0 aliphatic rings. The van der Waals surface area contributed by atoms with Gasteiger partial charge < -0.3 is 10.4 Å². The van der Waals surface area contributed by atoms with Crippen LogP contribution in [0.2, 0.25) is 0 Å². The van der Waals surface area contributed by atoms with E-state index in [0.29, 0.717) is 17.9 Å². The Bertz CT molecular complexity index is 790. The first-order chi connectivity index (χ1) is 10.2. The molecule has 2 N–H and O–H groups in total. The summed E-state index contributed by atoms with van der Waals surface area (Å²) >= 11 is 0. The first kappa shape index (κ1) is 13.0. The van der Waals surface area contributed by atoms with Crippen molar-refractivity contribution in [2.45, 2.75) is 6.54 Å². The molecule has 0 radical (unpaired) electrons. The molecule has 0 spiro atoms. The van der Waals surface area contributed by atoms with Crippen LogP contribution in [0.4, 0.5) is 5.82 Å². The first-order valence-electron chi connectivity index (χ1n) is 6.38. The molecule has 2 heterocycles. The molecule has 104 valence electrons. The quantitative estimate of drug-likeness (QED) is 0.762. The van der Waals surface area contributed by atoms with Crippen molar-refractivity contribution < 1.29 is 9.90 Å². The summed E-state index contributed by atoms with van der Waals surface area (Å²) in [6, 6.07) is 12.9. The molecule has 2 aromatic heterocycles. The normalized spacial score (nSPS) is 10.5. The van der Waals surface area contributed by atoms with Gasteiger partial charge in [-0.15, -0.1) is 0 Å². The molecule has 0 aliphatic heterocycles. The highest BCUT2D eigenvalue weighted by Gasteiger charge is 2.12. The van der Waals surface area contributed by atoms with Gasteiger partial charge in [0.15, 0.2) is 0 Å². The van der Waals surface area contributed by atoms with Crippen LogP contribution in [0.15, 0.2) is 48.7 Å². The summed E-state index contributed by atoms with van der Waals surface area (Å²) in [7, 11) is 0. The van der Waals surface area contributed by atoms with Crippen molar-refractivity contribution in [2.24, 2.45) is 0 Å². The van der Waals surface area contributed by atoms with Crippen LogP contribution < -0.4 is 5.32 Å². The molecule has 3 rings (SSSR count). The molecular formula is C15H12N4O2. The van der Waals surface area contributed by atoms with Gasteiger partial charge in [0.1, 0.15) is 5.82 Å². The Labute approximate surface area is 120 Å². The maximum Gasteiger partial charge on any atom is 0.374 e. The minimum atomic E-state index is -1.15. The Balaban J connectivity index is 1.98. The number of hydrogen-bond acceptors (Lipinski definition) is 5. The lowest BCUT2D eigenvalue weighted by molar-refractivity contribution is 0.0684. The second-order valence-electron chi connectivity index (χ2n) is 4.39. The van der Waals surface area contributed by atoms with Crippen LogP contribution in [0.25, 0.3) is 10.9 Å². The van der Waals surface area contributed by atoms with Crippen molar-refractivity contribution in [2.75, 3.05) is 5.32 Å². The third-order valence-electron chi connectivity index (χ3n) is 2.96. The van der Waals surface area contributed by atoms with Crippen molar-refractivity contribution in [1.82, 2.24) is 15.0 Å². The van der Waals surface area contributed by atoms with Gasteiger partial charge in [-0.05, 0) is 24.3 Å². The van der Waals surface area contributed by atoms with Gasteiger partial charge in [-0.2, -0.15) is 0 Å². The molecule has 0 unspecified atom stereocenters. The zero-order chi connectivity index (χ0) is 14.7. The number of carboxylic acids is 1. The number of carbonyl (C=O) groups is 1. The largest absolute Gasteiger partial charge is 0.475 e. The smallest absolute Gasteiger partial charge is 0.374 e. The molecule has 0 atom stereocenters. The van der Waals surface area contributed by atoms with E-state index in [9.17, 15) is 4.79 Å². The average Bonchev–Trinajstić information content (AvgIpc) is 2.53. The van der Waals surface area contributed by atoms with Gasteiger partial charge in [0.2, 0.25) is 5.82 Å². The van der Waals surface area contributed by atoms with E-state index in [-0.39, 0.29) is 5.82 Å². The molecule has 0 amide bonds. The minimum absolute atomic E-state index is 0.225. The monoisotopic (exact) mass is 280 g/mol. The lowest BCUT2D eigenvalue weighted by Crippen LogP contribution is -2.09. The summed E-state index contributed by atoms with van der Waals surface area (Å²) in [5, 5.41) is 13.0. The summed E-state index contributed by atoms with van der Waals surface area (Å²) in [6.45, 7) is 0.459. The number of pyridine rings is 1. The second-order valence-corrected chi connectivity index (χ2v) is 4.39. The maximum atomic E-state index is 11.1. The number of fused-ring (bicyclic) bond motifs is 1. The van der Waals surface area contributed by atoms with Crippen molar-refractivity contribution in [3.63, 3.8) is 0 Å². The van der Waals surface area contributed by atoms with Gasteiger partial charge in [0.05, 0.1) is 17.8 Å². The van der Waals surface area contributed by atoms with Crippen LogP contribution in [0, 0.1) is 0 Å². The standard InChI is InChI=1S/C15H12N4O2/c20-15(21)14-18-12-7-2-1-6-11(12)13(19-14)17-9-10-5-3-4-8-16-10/h1-8H,9H2,(H,20,21)(H,17,18,19). The van der Waals surface area contributed by atoms with E-state index >= 15 is 0 Å². The van der Waals surface area contributed by atoms with Gasteiger partial charge in [-0.25, -0.2) is 14.8 Å². The minimum Gasteiger partial charge on any atom is -0.475 e. The van der Waals surface area contributed by atoms with Crippen LogP contribution >= 0.6 is 0 Å². The number of aromatic carboxylic acids is 1. The Morgan fingerprint density at radius 3 is 2.67 bits per heavy atom. The predicted octanol–water partition coefficient (Wildman–Crippen LogP) is 2.34. The third kappa shape index (κ3) is 2.79. The molecule has 0 saturated heterocycles. The molecule has 0 saturated carbocycles. The summed E-state index contributed by atoms with van der Waals surface area (Å²) in [5.41, 5.74) is 1.44. The summed E-state index contributed by atoms with van der Waals surface area (Å²) in [6.07, 6.45) is 1.71. The fraction of sp³-hybridized carbons (Fsp3) is 0.0667. The highest BCUT2D eigenvalue weighted by atomic mass is 16.4. The van der Waals surface area contributed by atoms with E-state index in [2.05, 4.69) is 20.3 Å². The zero-order valence-corrected chi connectivity index (χ0v) is 11.0.